The number of nitrogens with zero attached hydrogens (tertiary/aromatic N) is 3. The monoisotopic (exact) mass is 413 g/mol. The van der Waals surface area contributed by atoms with Crippen LogP contribution in [-0.4, -0.2) is 27.5 Å². The van der Waals surface area contributed by atoms with E-state index in [-0.39, 0.29) is 11.9 Å². The first-order valence-corrected chi connectivity index (χ1v) is 11.0. The summed E-state index contributed by atoms with van der Waals surface area (Å²) in [6.45, 7) is 2.12. The molecule has 0 saturated heterocycles. The molecule has 1 aliphatic heterocycles. The molecule has 0 spiro atoms. The number of hydrogen-bond donors (Lipinski definition) is 0. The van der Waals surface area contributed by atoms with Gasteiger partial charge in [0.2, 0.25) is 5.91 Å². The maximum atomic E-state index is 13.0. The SMILES string of the molecule is C[C@@H]1CCc2ccccc2N1C(=O)CSc1nn(-c2ccccc2)c(=S)s1. The Morgan fingerprint density at radius 1 is 1.22 bits per heavy atom. The van der Waals surface area contributed by atoms with E-state index in [0.29, 0.717) is 9.71 Å². The van der Waals surface area contributed by atoms with Crippen molar-refractivity contribution < 1.29 is 4.79 Å². The van der Waals surface area contributed by atoms with Crippen LogP contribution in [0.3, 0.4) is 0 Å². The number of rotatable bonds is 4. The van der Waals surface area contributed by atoms with Crippen molar-refractivity contribution in [3.63, 3.8) is 0 Å². The predicted octanol–water partition coefficient (Wildman–Crippen LogP) is 5.12. The van der Waals surface area contributed by atoms with Crippen LogP contribution in [0.1, 0.15) is 18.9 Å². The first-order chi connectivity index (χ1) is 13.1. The van der Waals surface area contributed by atoms with Crippen molar-refractivity contribution in [2.75, 3.05) is 10.7 Å². The van der Waals surface area contributed by atoms with Gasteiger partial charge >= 0.3 is 0 Å². The minimum atomic E-state index is 0.118. The van der Waals surface area contributed by atoms with Crippen LogP contribution in [0.4, 0.5) is 5.69 Å². The zero-order chi connectivity index (χ0) is 18.8. The van der Waals surface area contributed by atoms with Gasteiger partial charge in [-0.1, -0.05) is 59.5 Å². The third-order valence-electron chi connectivity index (χ3n) is 4.64. The molecule has 1 aliphatic rings. The molecule has 7 heteroatoms. The number of para-hydroxylation sites is 2. The van der Waals surface area contributed by atoms with Crippen molar-refractivity contribution in [1.82, 2.24) is 9.78 Å². The van der Waals surface area contributed by atoms with Crippen LogP contribution in [0.25, 0.3) is 5.69 Å². The highest BCUT2D eigenvalue weighted by Gasteiger charge is 2.28. The molecule has 27 heavy (non-hydrogen) atoms. The second kappa shape index (κ2) is 7.96. The molecule has 0 aliphatic carbocycles. The van der Waals surface area contributed by atoms with E-state index >= 15 is 0 Å². The molecule has 1 aromatic heterocycles. The summed E-state index contributed by atoms with van der Waals surface area (Å²) in [7, 11) is 0. The Bertz CT molecular complexity index is 1010. The van der Waals surface area contributed by atoms with Crippen LogP contribution in [0.15, 0.2) is 58.9 Å². The van der Waals surface area contributed by atoms with Gasteiger partial charge in [-0.2, -0.15) is 0 Å². The third kappa shape index (κ3) is 3.85. The fourth-order valence-electron chi connectivity index (χ4n) is 3.31. The number of benzene rings is 2. The minimum Gasteiger partial charge on any atom is -0.309 e. The molecular formula is C20H19N3OS3. The molecule has 2 aromatic carbocycles. The smallest absolute Gasteiger partial charge is 0.237 e. The quantitative estimate of drug-likeness (QED) is 0.439. The summed E-state index contributed by atoms with van der Waals surface area (Å²) >= 11 is 8.34. The van der Waals surface area contributed by atoms with Crippen molar-refractivity contribution >= 4 is 46.9 Å². The standard InChI is InChI=1S/C20H19N3OS3/c1-14-11-12-15-7-5-6-10-17(15)22(14)18(24)13-26-19-21-23(20(25)27-19)16-8-3-2-4-9-16/h2-10,14H,11-13H2,1H3/t14-/m1/s1. The molecule has 0 N–H and O–H groups in total. The number of thioether (sulfide) groups is 1. The number of carbonyl (C=O) groups is 1. The normalized spacial score (nSPS) is 16.2. The number of anilines is 1. The van der Waals surface area contributed by atoms with Crippen LogP contribution in [-0.2, 0) is 11.2 Å². The number of amides is 1. The number of carbonyl (C=O) groups excluding carboxylic acids is 1. The Morgan fingerprint density at radius 2 is 1.96 bits per heavy atom. The van der Waals surface area contributed by atoms with Gasteiger partial charge in [0.05, 0.1) is 11.4 Å². The fraction of sp³-hybridized carbons (Fsp3) is 0.250. The van der Waals surface area contributed by atoms with Crippen molar-refractivity contribution in [2.24, 2.45) is 0 Å². The van der Waals surface area contributed by atoms with Gasteiger partial charge in [-0.05, 0) is 55.7 Å². The zero-order valence-corrected chi connectivity index (χ0v) is 17.3. The van der Waals surface area contributed by atoms with Gasteiger partial charge in [-0.25, -0.2) is 4.68 Å². The van der Waals surface area contributed by atoms with E-state index in [9.17, 15) is 4.79 Å². The number of fused-ring (bicyclic) bond motifs is 1. The molecule has 1 atom stereocenters. The summed E-state index contributed by atoms with van der Waals surface area (Å²) in [6, 6.07) is 18.2. The topological polar surface area (TPSA) is 38.1 Å². The first-order valence-electron chi connectivity index (χ1n) is 8.82. The summed E-state index contributed by atoms with van der Waals surface area (Å²) < 4.78 is 3.26. The number of hydrogen-bond acceptors (Lipinski definition) is 5. The second-order valence-electron chi connectivity index (χ2n) is 6.45. The Balaban J connectivity index is 1.50. The van der Waals surface area contributed by atoms with Crippen LogP contribution in [0.5, 0.6) is 0 Å². The van der Waals surface area contributed by atoms with E-state index in [1.54, 1.807) is 4.68 Å². The highest BCUT2D eigenvalue weighted by Crippen LogP contribution is 2.32. The van der Waals surface area contributed by atoms with Crippen LogP contribution in [0.2, 0.25) is 0 Å². The third-order valence-corrected chi connectivity index (χ3v) is 6.99. The molecule has 4 rings (SSSR count). The molecule has 3 aromatic rings. The lowest BCUT2D eigenvalue weighted by Gasteiger charge is -2.35. The molecule has 0 saturated carbocycles. The van der Waals surface area contributed by atoms with E-state index in [2.05, 4.69) is 18.1 Å². The van der Waals surface area contributed by atoms with E-state index in [4.69, 9.17) is 12.2 Å². The Kier molecular flexibility index (Phi) is 5.43. The van der Waals surface area contributed by atoms with E-state index in [1.165, 1.54) is 28.7 Å². The van der Waals surface area contributed by atoms with Crippen molar-refractivity contribution in [3.05, 3.63) is 64.1 Å². The maximum Gasteiger partial charge on any atom is 0.237 e. The molecule has 1 amide bonds. The van der Waals surface area contributed by atoms with Crippen LogP contribution >= 0.6 is 35.3 Å². The average molecular weight is 414 g/mol. The van der Waals surface area contributed by atoms with Gasteiger partial charge < -0.3 is 4.90 Å². The van der Waals surface area contributed by atoms with Gasteiger partial charge in [0.1, 0.15) is 0 Å². The van der Waals surface area contributed by atoms with Crippen molar-refractivity contribution in [3.8, 4) is 5.69 Å². The van der Waals surface area contributed by atoms with Gasteiger partial charge in [0.25, 0.3) is 0 Å². The molecular weight excluding hydrogens is 394 g/mol. The predicted molar refractivity (Wildman–Crippen MR) is 115 cm³/mol. The molecule has 0 bridgehead atoms. The highest BCUT2D eigenvalue weighted by atomic mass is 32.2. The molecule has 138 valence electrons. The number of aryl methyl sites for hydroxylation is 1. The Morgan fingerprint density at radius 3 is 2.78 bits per heavy atom. The van der Waals surface area contributed by atoms with Crippen LogP contribution in [0, 0.1) is 3.95 Å². The van der Waals surface area contributed by atoms with E-state index in [0.717, 1.165) is 28.6 Å². The average Bonchev–Trinajstić information content (AvgIpc) is 3.07. The summed E-state index contributed by atoms with van der Waals surface area (Å²) in [6.07, 6.45) is 2.02. The molecule has 4 nitrogen and oxygen atoms in total. The van der Waals surface area contributed by atoms with E-state index < -0.39 is 0 Å². The summed E-state index contributed by atoms with van der Waals surface area (Å²) in [4.78, 5) is 14.9. The Labute approximate surface area is 171 Å². The van der Waals surface area contributed by atoms with Gasteiger partial charge in [0, 0.05) is 11.7 Å². The molecule has 0 unspecified atom stereocenters. The van der Waals surface area contributed by atoms with Crippen molar-refractivity contribution in [1.29, 1.82) is 0 Å². The van der Waals surface area contributed by atoms with Crippen LogP contribution < -0.4 is 4.90 Å². The van der Waals surface area contributed by atoms with Gasteiger partial charge in [-0.3, -0.25) is 4.79 Å². The van der Waals surface area contributed by atoms with Crippen molar-refractivity contribution in [2.45, 2.75) is 30.1 Å². The first kappa shape index (κ1) is 18.4. The van der Waals surface area contributed by atoms with E-state index in [1.807, 2.05) is 53.4 Å². The summed E-state index contributed by atoms with van der Waals surface area (Å²) in [5, 5.41) is 4.58. The highest BCUT2D eigenvalue weighted by molar-refractivity contribution is 8.01. The summed E-state index contributed by atoms with van der Waals surface area (Å²) in [5.41, 5.74) is 3.23. The minimum absolute atomic E-state index is 0.118. The van der Waals surface area contributed by atoms with Gasteiger partial charge in [0.15, 0.2) is 8.29 Å². The molecule has 2 heterocycles. The fourth-order valence-corrected chi connectivity index (χ4v) is 5.53. The largest absolute Gasteiger partial charge is 0.309 e. The Hall–Kier alpha value is -1.96. The second-order valence-corrected chi connectivity index (χ2v) is 9.30. The van der Waals surface area contributed by atoms with Gasteiger partial charge in [-0.15, -0.1) is 5.10 Å². The lowest BCUT2D eigenvalue weighted by molar-refractivity contribution is -0.116. The lowest BCUT2D eigenvalue weighted by atomic mass is 9.97. The molecule has 0 radical (unpaired) electrons. The number of aromatic nitrogens is 2. The lowest BCUT2D eigenvalue weighted by Crippen LogP contribution is -2.43. The summed E-state index contributed by atoms with van der Waals surface area (Å²) in [5.74, 6) is 0.475. The molecule has 0 fully saturated rings. The maximum absolute atomic E-state index is 13.0. The zero-order valence-electron chi connectivity index (χ0n) is 14.9.